The van der Waals surface area contributed by atoms with E-state index in [-0.39, 0.29) is 12.1 Å². The number of aryl methyl sites for hydroxylation is 1. The van der Waals surface area contributed by atoms with Gasteiger partial charge >= 0.3 is 0 Å². The van der Waals surface area contributed by atoms with E-state index >= 15 is 0 Å². The lowest BCUT2D eigenvalue weighted by Crippen LogP contribution is -2.13. The van der Waals surface area contributed by atoms with E-state index in [1.165, 1.54) is 19.2 Å². The van der Waals surface area contributed by atoms with Gasteiger partial charge in [0, 0.05) is 12.6 Å². The first-order chi connectivity index (χ1) is 5.56. The summed E-state index contributed by atoms with van der Waals surface area (Å²) in [5.41, 5.74) is 0.751. The normalized spacial score (nSPS) is 11.7. The van der Waals surface area contributed by atoms with Crippen LogP contribution in [0, 0.1) is 6.92 Å². The van der Waals surface area contributed by atoms with Gasteiger partial charge in [-0.2, -0.15) is 8.78 Å². The molecule has 0 saturated carbocycles. The van der Waals surface area contributed by atoms with Crippen LogP contribution in [0.3, 0.4) is 0 Å². The molecule has 1 rings (SSSR count). The molecule has 0 spiro atoms. The molecule has 12 heavy (non-hydrogen) atoms. The van der Waals surface area contributed by atoms with Crippen molar-refractivity contribution in [2.75, 3.05) is 0 Å². The van der Waals surface area contributed by atoms with E-state index in [0.717, 1.165) is 5.56 Å². The maximum atomic E-state index is 13.0. The van der Waals surface area contributed by atoms with Crippen molar-refractivity contribution in [2.45, 2.75) is 26.2 Å². The molecule has 0 radical (unpaired) electrons. The van der Waals surface area contributed by atoms with Crippen molar-refractivity contribution in [2.24, 2.45) is 0 Å². The molecule has 0 unspecified atom stereocenters. The minimum Gasteiger partial charge on any atom is -0.255 e. The third-order valence-electron chi connectivity index (χ3n) is 1.73. The lowest BCUT2D eigenvalue weighted by Gasteiger charge is -2.12. The molecule has 0 fully saturated rings. The van der Waals surface area contributed by atoms with Gasteiger partial charge in [-0.15, -0.1) is 0 Å². The SMILES string of the molecule is CCC(F)(F)c1ccc(C)cn1. The Morgan fingerprint density at radius 1 is 1.42 bits per heavy atom. The van der Waals surface area contributed by atoms with E-state index < -0.39 is 5.92 Å². The predicted molar refractivity (Wildman–Crippen MR) is 43.2 cm³/mol. The summed E-state index contributed by atoms with van der Waals surface area (Å²) in [6.07, 6.45) is 1.25. The average molecular weight is 171 g/mol. The Bertz CT molecular complexity index is 254. The Hall–Kier alpha value is -0.990. The van der Waals surface area contributed by atoms with Crippen molar-refractivity contribution in [1.29, 1.82) is 0 Å². The van der Waals surface area contributed by atoms with E-state index in [9.17, 15) is 8.78 Å². The van der Waals surface area contributed by atoms with Gasteiger partial charge in [0.1, 0.15) is 5.69 Å². The van der Waals surface area contributed by atoms with Gasteiger partial charge in [-0.3, -0.25) is 4.98 Å². The van der Waals surface area contributed by atoms with Crippen molar-refractivity contribution in [3.05, 3.63) is 29.6 Å². The fraction of sp³-hybridized carbons (Fsp3) is 0.444. The number of halogens is 2. The molecule has 0 bridgehead atoms. The van der Waals surface area contributed by atoms with Crippen molar-refractivity contribution in [3.8, 4) is 0 Å². The number of hydrogen-bond acceptors (Lipinski definition) is 1. The lowest BCUT2D eigenvalue weighted by atomic mass is 10.1. The van der Waals surface area contributed by atoms with E-state index in [4.69, 9.17) is 0 Å². The number of alkyl halides is 2. The second kappa shape index (κ2) is 3.17. The van der Waals surface area contributed by atoms with Crippen LogP contribution in [0.5, 0.6) is 0 Å². The number of nitrogens with zero attached hydrogens (tertiary/aromatic N) is 1. The van der Waals surface area contributed by atoms with Gasteiger partial charge < -0.3 is 0 Å². The molecule has 3 heteroatoms. The molecule has 1 aromatic heterocycles. The maximum Gasteiger partial charge on any atom is 0.289 e. The summed E-state index contributed by atoms with van der Waals surface area (Å²) < 4.78 is 25.9. The minimum absolute atomic E-state index is 0.143. The zero-order chi connectivity index (χ0) is 9.19. The number of hydrogen-bond donors (Lipinski definition) is 0. The number of rotatable bonds is 2. The highest BCUT2D eigenvalue weighted by molar-refractivity contribution is 5.15. The standard InChI is InChI=1S/C9H11F2N/c1-3-9(10,11)8-5-4-7(2)6-12-8/h4-6H,3H2,1-2H3. The number of aromatic nitrogens is 1. The second-order valence-corrected chi connectivity index (χ2v) is 2.78. The first-order valence-corrected chi connectivity index (χ1v) is 3.87. The highest BCUT2D eigenvalue weighted by atomic mass is 19.3. The molecular weight excluding hydrogens is 160 g/mol. The van der Waals surface area contributed by atoms with Gasteiger partial charge in [0.2, 0.25) is 0 Å². The molecule has 0 atom stereocenters. The minimum atomic E-state index is -2.78. The van der Waals surface area contributed by atoms with Crippen LogP contribution in [0.2, 0.25) is 0 Å². The largest absolute Gasteiger partial charge is 0.289 e. The smallest absolute Gasteiger partial charge is 0.255 e. The van der Waals surface area contributed by atoms with Crippen LogP contribution in [-0.2, 0) is 5.92 Å². The Morgan fingerprint density at radius 2 is 2.08 bits per heavy atom. The van der Waals surface area contributed by atoms with Crippen molar-refractivity contribution in [3.63, 3.8) is 0 Å². The molecule has 0 saturated heterocycles. The summed E-state index contributed by atoms with van der Waals surface area (Å²) in [4.78, 5) is 3.67. The monoisotopic (exact) mass is 171 g/mol. The third kappa shape index (κ3) is 1.78. The molecule has 0 aromatic carbocycles. The second-order valence-electron chi connectivity index (χ2n) is 2.78. The molecule has 1 nitrogen and oxygen atoms in total. The predicted octanol–water partition coefficient (Wildman–Crippen LogP) is 2.89. The zero-order valence-electron chi connectivity index (χ0n) is 7.14. The van der Waals surface area contributed by atoms with Gasteiger partial charge in [-0.05, 0) is 18.6 Å². The lowest BCUT2D eigenvalue weighted by molar-refractivity contribution is -0.0128. The fourth-order valence-electron chi connectivity index (χ4n) is 0.865. The molecule has 1 heterocycles. The van der Waals surface area contributed by atoms with Gasteiger partial charge in [-0.25, -0.2) is 0 Å². The topological polar surface area (TPSA) is 12.9 Å². The van der Waals surface area contributed by atoms with Crippen LogP contribution in [0.1, 0.15) is 24.6 Å². The molecule has 0 amide bonds. The van der Waals surface area contributed by atoms with E-state index in [1.54, 1.807) is 6.07 Å². The molecule has 1 aromatic rings. The fourth-order valence-corrected chi connectivity index (χ4v) is 0.865. The molecule has 0 aliphatic heterocycles. The van der Waals surface area contributed by atoms with Crippen LogP contribution in [0.15, 0.2) is 18.3 Å². The summed E-state index contributed by atoms with van der Waals surface area (Å²) in [7, 11) is 0. The van der Waals surface area contributed by atoms with Gasteiger partial charge in [0.05, 0.1) is 0 Å². The van der Waals surface area contributed by atoms with Gasteiger partial charge in [-0.1, -0.05) is 13.0 Å². The van der Waals surface area contributed by atoms with Crippen LogP contribution in [0.25, 0.3) is 0 Å². The first kappa shape index (κ1) is 9.10. The first-order valence-electron chi connectivity index (χ1n) is 3.87. The van der Waals surface area contributed by atoms with Crippen LogP contribution in [0.4, 0.5) is 8.78 Å². The van der Waals surface area contributed by atoms with Crippen LogP contribution >= 0.6 is 0 Å². The summed E-state index contributed by atoms with van der Waals surface area (Å²) in [5, 5.41) is 0. The maximum absolute atomic E-state index is 13.0. The summed E-state index contributed by atoms with van der Waals surface area (Å²) >= 11 is 0. The number of pyridine rings is 1. The van der Waals surface area contributed by atoms with Crippen LogP contribution < -0.4 is 0 Å². The van der Waals surface area contributed by atoms with Crippen molar-refractivity contribution < 1.29 is 8.78 Å². The summed E-state index contributed by atoms with van der Waals surface area (Å²) in [6.45, 7) is 3.27. The van der Waals surface area contributed by atoms with Crippen LogP contribution in [-0.4, -0.2) is 4.98 Å². The molecule has 66 valence electrons. The van der Waals surface area contributed by atoms with E-state index in [1.807, 2.05) is 6.92 Å². The molecular formula is C9H11F2N. The van der Waals surface area contributed by atoms with E-state index in [2.05, 4.69) is 4.98 Å². The Balaban J connectivity index is 2.96. The Labute approximate surface area is 70.4 Å². The van der Waals surface area contributed by atoms with Gasteiger partial charge in [0.25, 0.3) is 5.92 Å². The molecule has 0 N–H and O–H groups in total. The average Bonchev–Trinajstić information content (AvgIpc) is 2.05. The van der Waals surface area contributed by atoms with Crippen molar-refractivity contribution >= 4 is 0 Å². The summed E-state index contributed by atoms with van der Waals surface area (Å²) in [5.74, 6) is -2.78. The van der Waals surface area contributed by atoms with E-state index in [0.29, 0.717) is 0 Å². The van der Waals surface area contributed by atoms with Crippen molar-refractivity contribution in [1.82, 2.24) is 4.98 Å². The zero-order valence-corrected chi connectivity index (χ0v) is 7.14. The quantitative estimate of drug-likeness (QED) is 0.666. The highest BCUT2D eigenvalue weighted by Crippen LogP contribution is 2.29. The molecule has 0 aliphatic carbocycles. The van der Waals surface area contributed by atoms with Gasteiger partial charge in [0.15, 0.2) is 0 Å². The Morgan fingerprint density at radius 3 is 2.50 bits per heavy atom. The third-order valence-corrected chi connectivity index (χ3v) is 1.73. The highest BCUT2D eigenvalue weighted by Gasteiger charge is 2.30. The Kier molecular flexibility index (Phi) is 2.40. The molecule has 0 aliphatic rings. The summed E-state index contributed by atoms with van der Waals surface area (Å²) in [6, 6.07) is 3.02.